The second kappa shape index (κ2) is 3.00. The molecule has 0 unspecified atom stereocenters. The summed E-state index contributed by atoms with van der Waals surface area (Å²) in [5.74, 6) is 0. The van der Waals surface area contributed by atoms with Crippen LogP contribution in [0.1, 0.15) is 20.3 Å². The molecule has 0 spiro atoms. The molecule has 0 aromatic carbocycles. The summed E-state index contributed by atoms with van der Waals surface area (Å²) in [6.07, 6.45) is 21.7. The fraction of sp³-hybridized carbons (Fsp3) is 0.278. The van der Waals surface area contributed by atoms with Crippen LogP contribution in [0.25, 0.3) is 0 Å². The molecule has 0 aliphatic heterocycles. The lowest BCUT2D eigenvalue weighted by molar-refractivity contribution is 0.233. The lowest BCUT2D eigenvalue weighted by atomic mass is 9.46. The molecule has 0 saturated carbocycles. The van der Waals surface area contributed by atoms with Crippen LogP contribution in [0.2, 0.25) is 0 Å². The van der Waals surface area contributed by atoms with Crippen molar-refractivity contribution in [1.29, 1.82) is 0 Å². The number of rotatable bonds is 0. The summed E-state index contributed by atoms with van der Waals surface area (Å²) in [6.45, 7) is 4.82. The van der Waals surface area contributed by atoms with Crippen molar-refractivity contribution in [3.8, 4) is 0 Å². The normalized spacial score (nSPS) is 39.0. The highest BCUT2D eigenvalue weighted by Crippen LogP contribution is 2.65. The molecule has 4 rings (SSSR count). The van der Waals surface area contributed by atoms with Crippen molar-refractivity contribution in [2.24, 2.45) is 10.8 Å². The Labute approximate surface area is 109 Å². The van der Waals surface area contributed by atoms with E-state index in [1.807, 2.05) is 0 Å². The summed E-state index contributed by atoms with van der Waals surface area (Å²) in [5, 5.41) is 0. The van der Waals surface area contributed by atoms with E-state index < -0.39 is 0 Å². The van der Waals surface area contributed by atoms with Crippen molar-refractivity contribution in [1.82, 2.24) is 0 Å². The van der Waals surface area contributed by atoms with Crippen LogP contribution in [-0.2, 0) is 0 Å². The van der Waals surface area contributed by atoms with E-state index in [-0.39, 0.29) is 10.8 Å². The highest BCUT2D eigenvalue weighted by atomic mass is 14.6. The first-order chi connectivity index (χ1) is 8.67. The minimum atomic E-state index is 0.112. The first-order valence-corrected chi connectivity index (χ1v) is 6.70. The van der Waals surface area contributed by atoms with Gasteiger partial charge in [0, 0.05) is 42.1 Å². The molecule has 0 heteroatoms. The molecule has 0 N–H and O–H groups in total. The van der Waals surface area contributed by atoms with Crippen LogP contribution in [0.5, 0.6) is 0 Å². The third-order valence-corrected chi connectivity index (χ3v) is 5.48. The Bertz CT molecular complexity index is 618. The van der Waals surface area contributed by atoms with Gasteiger partial charge in [-0.25, -0.2) is 0 Å². The van der Waals surface area contributed by atoms with Gasteiger partial charge in [0.1, 0.15) is 0 Å². The number of hydrogen-bond donors (Lipinski definition) is 0. The summed E-state index contributed by atoms with van der Waals surface area (Å²) in [7, 11) is 0. The molecule has 0 heterocycles. The maximum atomic E-state index is 2.42. The molecule has 4 aliphatic rings. The molecule has 0 aromatic heterocycles. The van der Waals surface area contributed by atoms with Crippen LogP contribution in [0, 0.1) is 17.3 Å². The Morgan fingerprint density at radius 2 is 1.78 bits per heavy atom. The third kappa shape index (κ3) is 0.892. The summed E-state index contributed by atoms with van der Waals surface area (Å²) in [6, 6.07) is 0. The molecule has 0 amide bonds. The maximum absolute atomic E-state index is 2.42. The first kappa shape index (κ1) is 10.3. The number of allylic oxidation sites excluding steroid dienone is 12. The molecule has 18 heavy (non-hydrogen) atoms. The predicted octanol–water partition coefficient (Wildman–Crippen LogP) is 4.47. The molecule has 4 aliphatic carbocycles. The molecule has 0 aromatic rings. The van der Waals surface area contributed by atoms with Gasteiger partial charge in [-0.05, 0) is 24.1 Å². The monoisotopic (exact) mass is 233 g/mol. The first-order valence-electron chi connectivity index (χ1n) is 6.70. The van der Waals surface area contributed by atoms with Gasteiger partial charge in [0.05, 0.1) is 11.0 Å². The summed E-state index contributed by atoms with van der Waals surface area (Å²) < 4.78 is 0. The van der Waals surface area contributed by atoms with Crippen LogP contribution in [-0.4, -0.2) is 0 Å². The Hall–Kier alpha value is -1.69. The second-order valence-corrected chi connectivity index (χ2v) is 5.93. The average molecular weight is 233 g/mol. The summed E-state index contributed by atoms with van der Waals surface area (Å²) >= 11 is 0. The fourth-order valence-electron chi connectivity index (χ4n) is 4.12. The van der Waals surface area contributed by atoms with Crippen molar-refractivity contribution in [2.75, 3.05) is 0 Å². The van der Waals surface area contributed by atoms with Gasteiger partial charge >= 0.3 is 0 Å². The quantitative estimate of drug-likeness (QED) is 0.542. The van der Waals surface area contributed by atoms with Crippen molar-refractivity contribution < 1.29 is 0 Å². The van der Waals surface area contributed by atoms with Gasteiger partial charge in [0.15, 0.2) is 0 Å². The van der Waals surface area contributed by atoms with Crippen molar-refractivity contribution in [3.05, 3.63) is 77.3 Å². The standard InChI is InChI=1S/C18H17/c1-17-13-5-3-6-14(17)10-12-16-8-4-7-15(11-9-13)18(16,17)2/h3-11H,12H2,1-2H3/q+1/t17-,18-/m0/s1. The average Bonchev–Trinajstić information content (AvgIpc) is 2.37. The molecule has 0 radical (unpaired) electrons. The molecule has 0 saturated heterocycles. The highest BCUT2D eigenvalue weighted by molar-refractivity contribution is 5.63. The van der Waals surface area contributed by atoms with Crippen LogP contribution in [0.4, 0.5) is 0 Å². The second-order valence-electron chi connectivity index (χ2n) is 5.93. The van der Waals surface area contributed by atoms with E-state index in [9.17, 15) is 0 Å². The zero-order valence-electron chi connectivity index (χ0n) is 10.9. The summed E-state index contributed by atoms with van der Waals surface area (Å²) in [4.78, 5) is 0. The lowest BCUT2D eigenvalue weighted by Gasteiger charge is -2.54. The van der Waals surface area contributed by atoms with E-state index in [1.165, 1.54) is 16.7 Å². The van der Waals surface area contributed by atoms with Crippen LogP contribution in [0.15, 0.2) is 70.9 Å². The Balaban J connectivity index is 2.11. The Morgan fingerprint density at radius 3 is 2.61 bits per heavy atom. The van der Waals surface area contributed by atoms with Gasteiger partial charge < -0.3 is 0 Å². The maximum Gasteiger partial charge on any atom is 0.0685 e. The minimum absolute atomic E-state index is 0.112. The van der Waals surface area contributed by atoms with Crippen LogP contribution in [0.3, 0.4) is 0 Å². The van der Waals surface area contributed by atoms with E-state index in [4.69, 9.17) is 0 Å². The zero-order chi connectivity index (χ0) is 12.4. The Kier molecular flexibility index (Phi) is 1.71. The van der Waals surface area contributed by atoms with Crippen molar-refractivity contribution in [3.63, 3.8) is 0 Å². The van der Waals surface area contributed by atoms with E-state index in [0.29, 0.717) is 0 Å². The van der Waals surface area contributed by atoms with Gasteiger partial charge in [0.2, 0.25) is 0 Å². The summed E-state index contributed by atoms with van der Waals surface area (Å²) in [5.41, 5.74) is 6.19. The van der Waals surface area contributed by atoms with Crippen molar-refractivity contribution >= 4 is 0 Å². The van der Waals surface area contributed by atoms with Crippen molar-refractivity contribution in [2.45, 2.75) is 20.3 Å². The topological polar surface area (TPSA) is 0 Å². The van der Waals surface area contributed by atoms with Gasteiger partial charge in [-0.1, -0.05) is 31.2 Å². The third-order valence-electron chi connectivity index (χ3n) is 5.48. The SMILES string of the molecule is C[C@]12C3=CC=C4C=CC=C(CC=C1[CH+]C=C3)[C@]42C. The lowest BCUT2D eigenvalue weighted by Crippen LogP contribution is -2.47. The van der Waals surface area contributed by atoms with Gasteiger partial charge in [0.25, 0.3) is 0 Å². The van der Waals surface area contributed by atoms with E-state index in [0.717, 1.165) is 6.42 Å². The zero-order valence-corrected chi connectivity index (χ0v) is 10.9. The van der Waals surface area contributed by atoms with E-state index >= 15 is 0 Å². The van der Waals surface area contributed by atoms with E-state index in [2.05, 4.69) is 68.9 Å². The van der Waals surface area contributed by atoms with Gasteiger partial charge in [-0.3, -0.25) is 0 Å². The van der Waals surface area contributed by atoms with E-state index in [1.54, 1.807) is 5.57 Å². The van der Waals surface area contributed by atoms with Crippen LogP contribution >= 0.6 is 0 Å². The molecule has 0 nitrogen and oxygen atoms in total. The predicted molar refractivity (Wildman–Crippen MR) is 75.7 cm³/mol. The number of hydrogen-bond acceptors (Lipinski definition) is 0. The fourth-order valence-corrected chi connectivity index (χ4v) is 4.12. The highest BCUT2D eigenvalue weighted by Gasteiger charge is 2.59. The van der Waals surface area contributed by atoms with Gasteiger partial charge in [-0.2, -0.15) is 0 Å². The van der Waals surface area contributed by atoms with Gasteiger partial charge in [-0.15, -0.1) is 0 Å². The van der Waals surface area contributed by atoms with Crippen LogP contribution < -0.4 is 0 Å². The largest absolute Gasteiger partial charge is 0.0685 e. The Morgan fingerprint density at radius 1 is 1.00 bits per heavy atom. The minimum Gasteiger partial charge on any atom is -0.0619 e. The smallest absolute Gasteiger partial charge is 0.0619 e. The molecule has 2 atom stereocenters. The molecular weight excluding hydrogens is 216 g/mol. The molecule has 0 bridgehead atoms. The molecular formula is C18H17+. The molecule has 0 fully saturated rings. The molecule has 88 valence electrons.